The van der Waals surface area contributed by atoms with E-state index >= 15 is 0 Å². The number of rotatable bonds is 4. The molecule has 3 nitrogen and oxygen atoms in total. The average Bonchev–Trinajstić information content (AvgIpc) is 2.84. The van der Waals surface area contributed by atoms with E-state index in [1.54, 1.807) is 11.3 Å². The van der Waals surface area contributed by atoms with Crippen LogP contribution in [0.1, 0.15) is 31.0 Å². The van der Waals surface area contributed by atoms with Gasteiger partial charge < -0.3 is 10.5 Å². The van der Waals surface area contributed by atoms with Crippen molar-refractivity contribution < 1.29 is 4.74 Å². The molecule has 0 amide bonds. The van der Waals surface area contributed by atoms with Gasteiger partial charge in [0.15, 0.2) is 0 Å². The van der Waals surface area contributed by atoms with Gasteiger partial charge >= 0.3 is 0 Å². The van der Waals surface area contributed by atoms with Crippen LogP contribution in [0, 0.1) is 0 Å². The van der Waals surface area contributed by atoms with Gasteiger partial charge in [0.1, 0.15) is 5.01 Å². The molecule has 0 radical (unpaired) electrons. The lowest BCUT2D eigenvalue weighted by atomic mass is 9.97. The van der Waals surface area contributed by atoms with Crippen LogP contribution in [-0.4, -0.2) is 23.4 Å². The van der Waals surface area contributed by atoms with E-state index in [0.29, 0.717) is 11.9 Å². The quantitative estimate of drug-likeness (QED) is 0.900. The van der Waals surface area contributed by atoms with Crippen molar-refractivity contribution in [2.24, 2.45) is 5.73 Å². The van der Waals surface area contributed by atoms with Crippen molar-refractivity contribution in [2.75, 3.05) is 13.2 Å². The molecule has 2 N–H and O–H groups in total. The second-order valence-electron chi connectivity index (χ2n) is 4.44. The third-order valence-electron chi connectivity index (χ3n) is 2.65. The third-order valence-corrected chi connectivity index (χ3v) is 4.79. The number of thioether (sulfide) groups is 1. The summed E-state index contributed by atoms with van der Waals surface area (Å²) in [5, 5.41) is 3.91. The molecular formula is C11H18N2OS2. The molecule has 1 aromatic heterocycles. The van der Waals surface area contributed by atoms with Crippen molar-refractivity contribution in [1.29, 1.82) is 0 Å². The molecule has 1 aliphatic heterocycles. The monoisotopic (exact) mass is 258 g/mol. The summed E-state index contributed by atoms with van der Waals surface area (Å²) < 4.78 is 5.36. The lowest BCUT2D eigenvalue weighted by molar-refractivity contribution is 0.177. The number of hydrogen-bond donors (Lipinski definition) is 1. The molecule has 1 aromatic rings. The fraction of sp³-hybridized carbons (Fsp3) is 0.727. The largest absolute Gasteiger partial charge is 0.379 e. The first-order chi connectivity index (χ1) is 7.60. The molecule has 1 saturated heterocycles. The van der Waals surface area contributed by atoms with Gasteiger partial charge in [0.25, 0.3) is 0 Å². The van der Waals surface area contributed by atoms with Gasteiger partial charge in [0.2, 0.25) is 0 Å². The summed E-state index contributed by atoms with van der Waals surface area (Å²) in [6.45, 7) is 5.76. The second-order valence-corrected chi connectivity index (χ2v) is 6.95. The Labute approximate surface area is 105 Å². The van der Waals surface area contributed by atoms with Crippen LogP contribution < -0.4 is 5.73 Å². The Morgan fingerprint density at radius 3 is 3.12 bits per heavy atom. The van der Waals surface area contributed by atoms with Crippen molar-refractivity contribution in [2.45, 2.75) is 36.8 Å². The molecule has 0 saturated carbocycles. The molecular weight excluding hydrogens is 240 g/mol. The van der Waals surface area contributed by atoms with Gasteiger partial charge in [-0.1, -0.05) is 13.8 Å². The van der Waals surface area contributed by atoms with Gasteiger partial charge in [0.05, 0.1) is 17.8 Å². The lowest BCUT2D eigenvalue weighted by Gasteiger charge is -2.18. The Bertz CT molecular complexity index is 346. The van der Waals surface area contributed by atoms with E-state index in [0.717, 1.165) is 24.5 Å². The standard InChI is InChI=1S/C11H18N2OS2/c1-8(2)15-6-10-13-9(5-16-10)11(12)3-4-14-7-11/h5,8H,3-4,6-7,12H2,1-2H3. The molecule has 2 heterocycles. The van der Waals surface area contributed by atoms with Crippen LogP contribution in [0.15, 0.2) is 5.38 Å². The summed E-state index contributed by atoms with van der Waals surface area (Å²) in [4.78, 5) is 4.63. The molecule has 1 aliphatic rings. The summed E-state index contributed by atoms with van der Waals surface area (Å²) >= 11 is 3.62. The van der Waals surface area contributed by atoms with Gasteiger partial charge in [-0.15, -0.1) is 11.3 Å². The van der Waals surface area contributed by atoms with Crippen LogP contribution in [0.3, 0.4) is 0 Å². The number of aromatic nitrogens is 1. The average molecular weight is 258 g/mol. The molecule has 0 bridgehead atoms. The van der Waals surface area contributed by atoms with Gasteiger partial charge in [-0.3, -0.25) is 0 Å². The highest BCUT2D eigenvalue weighted by atomic mass is 32.2. The van der Waals surface area contributed by atoms with Gasteiger partial charge in [-0.2, -0.15) is 11.8 Å². The van der Waals surface area contributed by atoms with Crippen LogP contribution in [0.25, 0.3) is 0 Å². The molecule has 0 aromatic carbocycles. The van der Waals surface area contributed by atoms with Crippen LogP contribution in [0.4, 0.5) is 0 Å². The van der Waals surface area contributed by atoms with Crippen LogP contribution in [0.5, 0.6) is 0 Å². The predicted molar refractivity (Wildman–Crippen MR) is 69.8 cm³/mol. The topological polar surface area (TPSA) is 48.1 Å². The van der Waals surface area contributed by atoms with Crippen LogP contribution >= 0.6 is 23.1 Å². The minimum Gasteiger partial charge on any atom is -0.379 e. The molecule has 0 spiro atoms. The van der Waals surface area contributed by atoms with E-state index in [9.17, 15) is 0 Å². The summed E-state index contributed by atoms with van der Waals surface area (Å²) in [6.07, 6.45) is 0.882. The van der Waals surface area contributed by atoms with E-state index in [2.05, 4.69) is 24.2 Å². The Morgan fingerprint density at radius 1 is 1.69 bits per heavy atom. The minimum absolute atomic E-state index is 0.336. The maximum Gasteiger partial charge on any atom is 0.103 e. The van der Waals surface area contributed by atoms with E-state index in [-0.39, 0.29) is 5.54 Å². The first-order valence-electron chi connectivity index (χ1n) is 5.53. The van der Waals surface area contributed by atoms with Crippen molar-refractivity contribution in [3.63, 3.8) is 0 Å². The number of hydrogen-bond acceptors (Lipinski definition) is 5. The highest BCUT2D eigenvalue weighted by Gasteiger charge is 2.34. The van der Waals surface area contributed by atoms with Crippen molar-refractivity contribution in [3.8, 4) is 0 Å². The molecule has 16 heavy (non-hydrogen) atoms. The second kappa shape index (κ2) is 5.04. The Morgan fingerprint density at radius 2 is 2.50 bits per heavy atom. The molecule has 2 rings (SSSR count). The maximum atomic E-state index is 6.26. The molecule has 1 unspecified atom stereocenters. The zero-order valence-electron chi connectivity index (χ0n) is 9.73. The zero-order valence-corrected chi connectivity index (χ0v) is 11.4. The Balaban J connectivity index is 2.01. The maximum absolute atomic E-state index is 6.26. The van der Waals surface area contributed by atoms with Crippen LogP contribution in [-0.2, 0) is 16.0 Å². The van der Waals surface area contributed by atoms with E-state index < -0.39 is 0 Å². The predicted octanol–water partition coefficient (Wildman–Crippen LogP) is 2.36. The molecule has 1 fully saturated rings. The van der Waals surface area contributed by atoms with E-state index in [1.165, 1.54) is 5.01 Å². The number of nitrogens with two attached hydrogens (primary N) is 1. The molecule has 0 aliphatic carbocycles. The van der Waals surface area contributed by atoms with E-state index in [1.807, 2.05) is 11.8 Å². The molecule has 5 heteroatoms. The van der Waals surface area contributed by atoms with Crippen LogP contribution in [0.2, 0.25) is 0 Å². The van der Waals surface area contributed by atoms with Crippen molar-refractivity contribution >= 4 is 23.1 Å². The van der Waals surface area contributed by atoms with Crippen molar-refractivity contribution in [3.05, 3.63) is 16.1 Å². The van der Waals surface area contributed by atoms with Gasteiger partial charge in [0, 0.05) is 17.7 Å². The fourth-order valence-corrected chi connectivity index (χ4v) is 3.33. The smallest absolute Gasteiger partial charge is 0.103 e. The van der Waals surface area contributed by atoms with E-state index in [4.69, 9.17) is 10.5 Å². The van der Waals surface area contributed by atoms with Crippen molar-refractivity contribution in [1.82, 2.24) is 4.98 Å². The highest BCUT2D eigenvalue weighted by Crippen LogP contribution is 2.30. The number of thiazole rings is 1. The first-order valence-corrected chi connectivity index (χ1v) is 7.46. The third kappa shape index (κ3) is 2.77. The zero-order chi connectivity index (χ0) is 11.6. The van der Waals surface area contributed by atoms with Gasteiger partial charge in [-0.05, 0) is 11.7 Å². The summed E-state index contributed by atoms with van der Waals surface area (Å²) in [6, 6.07) is 0. The highest BCUT2D eigenvalue weighted by molar-refractivity contribution is 7.99. The summed E-state index contributed by atoms with van der Waals surface area (Å²) in [5.74, 6) is 0.985. The first kappa shape index (κ1) is 12.4. The molecule has 90 valence electrons. The Hall–Kier alpha value is -0.100. The lowest BCUT2D eigenvalue weighted by Crippen LogP contribution is -2.37. The normalized spacial score (nSPS) is 25.5. The number of nitrogens with zero attached hydrogens (tertiary/aromatic N) is 1. The fourth-order valence-electron chi connectivity index (χ4n) is 1.63. The summed E-state index contributed by atoms with van der Waals surface area (Å²) in [7, 11) is 0. The minimum atomic E-state index is -0.336. The SMILES string of the molecule is CC(C)SCc1nc(C2(N)CCOC2)cs1. The Kier molecular flexibility index (Phi) is 3.89. The van der Waals surface area contributed by atoms with Gasteiger partial charge in [-0.25, -0.2) is 4.98 Å². The number of ether oxygens (including phenoxy) is 1. The molecule has 1 atom stereocenters. The summed E-state index contributed by atoms with van der Waals surface area (Å²) in [5.41, 5.74) is 6.93.